The topological polar surface area (TPSA) is 61.8 Å². The van der Waals surface area contributed by atoms with E-state index >= 15 is 0 Å². The van der Waals surface area contributed by atoms with Gasteiger partial charge in [0.1, 0.15) is 11.7 Å². The van der Waals surface area contributed by atoms with Gasteiger partial charge in [-0.25, -0.2) is 0 Å². The molecule has 5 nitrogen and oxygen atoms in total. The van der Waals surface area contributed by atoms with E-state index < -0.39 is 13.9 Å². The smallest absolute Gasteiger partial charge is 0.303 e. The van der Waals surface area contributed by atoms with E-state index in [9.17, 15) is 9.59 Å². The maximum absolute atomic E-state index is 12.5. The molecule has 2 saturated carbocycles. The van der Waals surface area contributed by atoms with Crippen LogP contribution in [0, 0.1) is 40.4 Å². The molecule has 4 aliphatic carbocycles. The number of esters is 2. The first-order valence-electron chi connectivity index (χ1n) is 17.2. The normalized spacial score (nSPS) is 36.6. The fraction of sp³-hybridized carbons (Fsp3) is 0.838. The van der Waals surface area contributed by atoms with E-state index in [0.29, 0.717) is 35.0 Å². The van der Waals surface area contributed by atoms with E-state index in [1.54, 1.807) is 6.92 Å². The summed E-state index contributed by atoms with van der Waals surface area (Å²) < 4.78 is 18.7. The number of ether oxygens (including phenoxy) is 2. The molecule has 43 heavy (non-hydrogen) atoms. The minimum absolute atomic E-state index is 0.0223. The first-order chi connectivity index (χ1) is 19.7. The highest BCUT2D eigenvalue weighted by Gasteiger charge is 2.61. The van der Waals surface area contributed by atoms with Gasteiger partial charge in [-0.3, -0.25) is 9.59 Å². The van der Waals surface area contributed by atoms with E-state index in [-0.39, 0.29) is 34.6 Å². The van der Waals surface area contributed by atoms with Crippen molar-refractivity contribution >= 4 is 20.3 Å². The number of hydrogen-bond donors (Lipinski definition) is 0. The molecule has 2 fully saturated rings. The maximum atomic E-state index is 12.5. The summed E-state index contributed by atoms with van der Waals surface area (Å²) in [4.78, 5) is 24.0. The molecule has 4 rings (SSSR count). The van der Waals surface area contributed by atoms with Gasteiger partial charge in [0, 0.05) is 25.7 Å². The fourth-order valence-electron chi connectivity index (χ4n) is 9.63. The molecule has 0 aromatic rings. The second kappa shape index (κ2) is 12.1. The standard InChI is InChI=1S/C37H62O5Si/c1-24(14-13-20-35(7,8)41-26(3)39)30-17-18-31-29-16-15-27-22-28(42-43(11,12)34(4,5)6)23-33(40-25(2)38)37(27,10)32(29)19-21-36(30,31)9/h15-16,22,24,28-33H,13-14,17-21,23H2,1-12H3/t24-,28-,29+,30-,31+,32+,33+,36-,37+/m1/s1. The van der Waals surface area contributed by atoms with Crippen LogP contribution in [0.25, 0.3) is 0 Å². The predicted molar refractivity (Wildman–Crippen MR) is 177 cm³/mol. The van der Waals surface area contributed by atoms with Crippen LogP contribution in [0.5, 0.6) is 0 Å². The Balaban J connectivity index is 1.54. The van der Waals surface area contributed by atoms with Crippen molar-refractivity contribution in [1.29, 1.82) is 0 Å². The highest BCUT2D eigenvalue weighted by Crippen LogP contribution is 2.67. The summed E-state index contributed by atoms with van der Waals surface area (Å²) in [5, 5.41) is 0.124. The van der Waals surface area contributed by atoms with Gasteiger partial charge in [0.15, 0.2) is 8.32 Å². The van der Waals surface area contributed by atoms with Crippen LogP contribution in [-0.4, -0.2) is 38.1 Å². The molecule has 0 amide bonds. The lowest BCUT2D eigenvalue weighted by molar-refractivity contribution is -0.161. The number of rotatable bonds is 9. The fourth-order valence-corrected chi connectivity index (χ4v) is 10.9. The van der Waals surface area contributed by atoms with Crippen molar-refractivity contribution in [2.45, 2.75) is 157 Å². The van der Waals surface area contributed by atoms with Gasteiger partial charge in [0.25, 0.3) is 0 Å². The SMILES string of the molecule is CC(=O)O[C@H]1C[C@H](O[Si](C)(C)C(C)(C)C)C=C2C=C[C@H]3[C@@H]4CC[C@H]([C@H](C)CCCC(C)(C)OC(C)=O)[C@@]4(C)CC[C@@H]3[C@]21C. The van der Waals surface area contributed by atoms with Crippen LogP contribution in [0.15, 0.2) is 23.8 Å². The Bertz CT molecular complexity index is 1110. The van der Waals surface area contributed by atoms with E-state index in [0.717, 1.165) is 19.3 Å². The van der Waals surface area contributed by atoms with Crippen LogP contribution in [0.1, 0.15) is 121 Å². The molecule has 0 aromatic carbocycles. The molecule has 0 aromatic heterocycles. The van der Waals surface area contributed by atoms with Gasteiger partial charge in [0.05, 0.1) is 6.10 Å². The molecular formula is C37H62O5Si. The minimum atomic E-state index is -1.98. The van der Waals surface area contributed by atoms with Crippen LogP contribution in [0.4, 0.5) is 0 Å². The van der Waals surface area contributed by atoms with Gasteiger partial charge in [-0.1, -0.05) is 66.2 Å². The lowest BCUT2D eigenvalue weighted by Gasteiger charge is -2.58. The molecule has 0 unspecified atom stereocenters. The van der Waals surface area contributed by atoms with Crippen molar-refractivity contribution in [1.82, 2.24) is 0 Å². The van der Waals surface area contributed by atoms with Gasteiger partial charge < -0.3 is 13.9 Å². The Kier molecular flexibility index (Phi) is 9.68. The molecule has 0 saturated heterocycles. The molecular weight excluding hydrogens is 552 g/mol. The van der Waals surface area contributed by atoms with Crippen molar-refractivity contribution in [2.24, 2.45) is 40.4 Å². The summed E-state index contributed by atoms with van der Waals surface area (Å²) in [6, 6.07) is 0. The average molecular weight is 615 g/mol. The van der Waals surface area contributed by atoms with Gasteiger partial charge >= 0.3 is 11.9 Å². The zero-order valence-corrected chi connectivity index (χ0v) is 30.5. The molecule has 6 heteroatoms. The summed E-state index contributed by atoms with van der Waals surface area (Å²) >= 11 is 0. The Morgan fingerprint density at radius 2 is 1.70 bits per heavy atom. The van der Waals surface area contributed by atoms with Crippen LogP contribution in [0.3, 0.4) is 0 Å². The number of carbonyl (C=O) groups excluding carboxylic acids is 2. The first kappa shape index (κ1) is 34.5. The third kappa shape index (κ3) is 6.76. The molecule has 0 bridgehead atoms. The molecule has 0 radical (unpaired) electrons. The summed E-state index contributed by atoms with van der Waals surface area (Å²) in [6.07, 6.45) is 16.0. The van der Waals surface area contributed by atoms with E-state index in [1.165, 1.54) is 44.6 Å². The van der Waals surface area contributed by atoms with Gasteiger partial charge in [-0.15, -0.1) is 0 Å². The largest absolute Gasteiger partial charge is 0.461 e. The molecule has 0 aliphatic heterocycles. The summed E-state index contributed by atoms with van der Waals surface area (Å²) in [5.41, 5.74) is 1.06. The van der Waals surface area contributed by atoms with Crippen LogP contribution < -0.4 is 0 Å². The zero-order chi connectivity index (χ0) is 32.2. The molecule has 9 atom stereocenters. The quantitative estimate of drug-likeness (QED) is 0.191. The van der Waals surface area contributed by atoms with Crippen molar-refractivity contribution in [3.05, 3.63) is 23.8 Å². The highest BCUT2D eigenvalue weighted by molar-refractivity contribution is 6.74. The molecule has 0 heterocycles. The Hall–Kier alpha value is -1.40. The summed E-state index contributed by atoms with van der Waals surface area (Å²) in [6.45, 7) is 26.0. The highest BCUT2D eigenvalue weighted by atomic mass is 28.4. The lowest BCUT2D eigenvalue weighted by atomic mass is 9.47. The third-order valence-corrected chi connectivity index (χ3v) is 17.4. The van der Waals surface area contributed by atoms with Gasteiger partial charge in [0.2, 0.25) is 0 Å². The van der Waals surface area contributed by atoms with Crippen LogP contribution in [0.2, 0.25) is 18.1 Å². The van der Waals surface area contributed by atoms with Crippen molar-refractivity contribution < 1.29 is 23.5 Å². The Labute approximate surface area is 264 Å². The first-order valence-corrected chi connectivity index (χ1v) is 20.1. The van der Waals surface area contributed by atoms with Crippen molar-refractivity contribution in [3.63, 3.8) is 0 Å². The van der Waals surface area contributed by atoms with E-state index in [4.69, 9.17) is 13.9 Å². The number of hydrogen-bond acceptors (Lipinski definition) is 5. The summed E-state index contributed by atoms with van der Waals surface area (Å²) in [5.74, 6) is 2.62. The van der Waals surface area contributed by atoms with Crippen molar-refractivity contribution in [3.8, 4) is 0 Å². The zero-order valence-electron chi connectivity index (χ0n) is 29.5. The Morgan fingerprint density at radius 3 is 2.30 bits per heavy atom. The average Bonchev–Trinajstić information content (AvgIpc) is 3.20. The van der Waals surface area contributed by atoms with Crippen LogP contribution in [-0.2, 0) is 23.5 Å². The van der Waals surface area contributed by atoms with E-state index in [2.05, 4.69) is 72.9 Å². The second-order valence-electron chi connectivity index (χ2n) is 17.3. The molecule has 0 N–H and O–H groups in total. The number of carbonyl (C=O) groups is 2. The molecule has 4 aliphatic rings. The monoisotopic (exact) mass is 614 g/mol. The predicted octanol–water partition coefficient (Wildman–Crippen LogP) is 9.42. The maximum Gasteiger partial charge on any atom is 0.303 e. The molecule has 244 valence electrons. The van der Waals surface area contributed by atoms with Crippen LogP contribution >= 0.6 is 0 Å². The lowest BCUT2D eigenvalue weighted by Crippen LogP contribution is -2.56. The van der Waals surface area contributed by atoms with Crippen molar-refractivity contribution in [2.75, 3.05) is 0 Å². The Morgan fingerprint density at radius 1 is 1.02 bits per heavy atom. The summed E-state index contributed by atoms with van der Waals surface area (Å²) in [7, 11) is -1.98. The number of fused-ring (bicyclic) bond motifs is 5. The second-order valence-corrected chi connectivity index (χ2v) is 22.0. The third-order valence-electron chi connectivity index (χ3n) is 12.9. The molecule has 0 spiro atoms. The van der Waals surface area contributed by atoms with Gasteiger partial charge in [-0.05, 0) is 111 Å². The number of allylic oxidation sites excluding steroid dienone is 2. The minimum Gasteiger partial charge on any atom is -0.461 e. The van der Waals surface area contributed by atoms with Gasteiger partial charge in [-0.2, -0.15) is 0 Å². The van der Waals surface area contributed by atoms with E-state index in [1.807, 2.05) is 13.8 Å².